The standard InChI is InChI=1S/C18H21N3O5/c1-25-14-10-12(6-7-13(14)18(23)24)19-15(22)8-9-16-20-17(21-26-16)11-4-2-3-5-11/h6-7,10-11H,2-5,8-9H2,1H3,(H,19,22)(H,23,24). The van der Waals surface area contributed by atoms with Crippen molar-refractivity contribution in [2.45, 2.75) is 44.4 Å². The molecule has 2 N–H and O–H groups in total. The number of nitrogens with one attached hydrogen (secondary N) is 1. The van der Waals surface area contributed by atoms with Crippen molar-refractivity contribution < 1.29 is 24.0 Å². The van der Waals surface area contributed by atoms with Gasteiger partial charge >= 0.3 is 5.97 Å². The molecule has 138 valence electrons. The number of benzene rings is 1. The van der Waals surface area contributed by atoms with Crippen LogP contribution in [0.3, 0.4) is 0 Å². The summed E-state index contributed by atoms with van der Waals surface area (Å²) >= 11 is 0. The molecule has 3 rings (SSSR count). The topological polar surface area (TPSA) is 115 Å². The first kappa shape index (κ1) is 17.9. The minimum atomic E-state index is -1.09. The summed E-state index contributed by atoms with van der Waals surface area (Å²) in [5.41, 5.74) is 0.504. The van der Waals surface area contributed by atoms with E-state index in [4.69, 9.17) is 14.4 Å². The molecule has 1 aromatic carbocycles. The van der Waals surface area contributed by atoms with Gasteiger partial charge in [0.2, 0.25) is 11.8 Å². The molecule has 2 aromatic rings. The van der Waals surface area contributed by atoms with E-state index in [9.17, 15) is 9.59 Å². The fourth-order valence-electron chi connectivity index (χ4n) is 3.11. The van der Waals surface area contributed by atoms with Crippen molar-refractivity contribution in [2.24, 2.45) is 0 Å². The molecule has 0 spiro atoms. The molecule has 1 fully saturated rings. The van der Waals surface area contributed by atoms with Gasteiger partial charge in [0.25, 0.3) is 0 Å². The zero-order valence-corrected chi connectivity index (χ0v) is 14.5. The molecule has 1 aliphatic carbocycles. The number of ether oxygens (including phenoxy) is 1. The minimum absolute atomic E-state index is 0.0378. The SMILES string of the molecule is COc1cc(NC(=O)CCc2nc(C3CCCC3)no2)ccc1C(=O)O. The quantitative estimate of drug-likeness (QED) is 0.781. The number of hydrogen-bond donors (Lipinski definition) is 2. The first-order valence-corrected chi connectivity index (χ1v) is 8.60. The molecular weight excluding hydrogens is 338 g/mol. The highest BCUT2D eigenvalue weighted by Crippen LogP contribution is 2.32. The predicted molar refractivity (Wildman–Crippen MR) is 92.4 cm³/mol. The summed E-state index contributed by atoms with van der Waals surface area (Å²) in [5.74, 6) is 0.452. The summed E-state index contributed by atoms with van der Waals surface area (Å²) in [7, 11) is 1.38. The monoisotopic (exact) mass is 359 g/mol. The Morgan fingerprint density at radius 3 is 2.81 bits per heavy atom. The number of amides is 1. The van der Waals surface area contributed by atoms with E-state index in [2.05, 4.69) is 15.5 Å². The number of carbonyl (C=O) groups excluding carboxylic acids is 1. The second-order valence-electron chi connectivity index (χ2n) is 6.30. The first-order valence-electron chi connectivity index (χ1n) is 8.60. The Morgan fingerprint density at radius 2 is 2.12 bits per heavy atom. The van der Waals surface area contributed by atoms with Crippen LogP contribution in [0.5, 0.6) is 5.75 Å². The Morgan fingerprint density at radius 1 is 1.35 bits per heavy atom. The Bertz CT molecular complexity index is 796. The number of aromatic carboxylic acids is 1. The van der Waals surface area contributed by atoms with Gasteiger partial charge in [-0.1, -0.05) is 18.0 Å². The van der Waals surface area contributed by atoms with E-state index < -0.39 is 5.97 Å². The van der Waals surface area contributed by atoms with Gasteiger partial charge in [-0.25, -0.2) is 4.79 Å². The number of rotatable bonds is 7. The van der Waals surface area contributed by atoms with Crippen molar-refractivity contribution in [1.29, 1.82) is 0 Å². The van der Waals surface area contributed by atoms with Crippen LogP contribution in [0.25, 0.3) is 0 Å². The van der Waals surface area contributed by atoms with E-state index in [0.29, 0.717) is 23.9 Å². The molecule has 8 nitrogen and oxygen atoms in total. The Hall–Kier alpha value is -2.90. The Labute approximate surface area is 150 Å². The predicted octanol–water partition coefficient (Wildman–Crippen LogP) is 3.01. The molecule has 1 amide bonds. The van der Waals surface area contributed by atoms with Gasteiger partial charge in [0.15, 0.2) is 5.82 Å². The third-order valence-electron chi connectivity index (χ3n) is 4.49. The average Bonchev–Trinajstić information content (AvgIpc) is 3.31. The maximum atomic E-state index is 12.1. The molecule has 26 heavy (non-hydrogen) atoms. The number of carbonyl (C=O) groups is 2. The molecule has 0 aliphatic heterocycles. The molecule has 0 atom stereocenters. The Kier molecular flexibility index (Phi) is 5.50. The molecule has 0 saturated heterocycles. The summed E-state index contributed by atoms with van der Waals surface area (Å²) in [4.78, 5) is 27.6. The van der Waals surface area contributed by atoms with Crippen LogP contribution in [0.15, 0.2) is 22.7 Å². The van der Waals surface area contributed by atoms with E-state index in [0.717, 1.165) is 18.7 Å². The van der Waals surface area contributed by atoms with Crippen LogP contribution in [-0.4, -0.2) is 34.2 Å². The number of anilines is 1. The average molecular weight is 359 g/mol. The summed E-state index contributed by atoms with van der Waals surface area (Å²) in [6.45, 7) is 0. The highest BCUT2D eigenvalue weighted by molar-refractivity contribution is 5.94. The number of aryl methyl sites for hydroxylation is 1. The van der Waals surface area contributed by atoms with E-state index in [-0.39, 0.29) is 23.6 Å². The molecule has 1 heterocycles. The van der Waals surface area contributed by atoms with Gasteiger partial charge in [0.05, 0.1) is 7.11 Å². The molecule has 0 unspecified atom stereocenters. The summed E-state index contributed by atoms with van der Waals surface area (Å²) < 4.78 is 10.3. The zero-order valence-electron chi connectivity index (χ0n) is 14.5. The molecule has 0 radical (unpaired) electrons. The maximum absolute atomic E-state index is 12.1. The lowest BCUT2D eigenvalue weighted by Crippen LogP contribution is -2.13. The number of carboxylic acids is 1. The van der Waals surface area contributed by atoms with Crippen molar-refractivity contribution in [1.82, 2.24) is 10.1 Å². The molecular formula is C18H21N3O5. The van der Waals surface area contributed by atoms with Gasteiger partial charge in [0.1, 0.15) is 11.3 Å². The molecule has 1 aliphatic rings. The fraction of sp³-hybridized carbons (Fsp3) is 0.444. The molecule has 0 bridgehead atoms. The van der Waals surface area contributed by atoms with Crippen LogP contribution in [0, 0.1) is 0 Å². The third kappa shape index (κ3) is 4.19. The summed E-state index contributed by atoms with van der Waals surface area (Å²) in [6.07, 6.45) is 5.12. The second kappa shape index (κ2) is 7.99. The highest BCUT2D eigenvalue weighted by Gasteiger charge is 2.22. The number of aromatic nitrogens is 2. The van der Waals surface area contributed by atoms with E-state index in [1.807, 2.05) is 0 Å². The van der Waals surface area contributed by atoms with Crippen LogP contribution < -0.4 is 10.1 Å². The lowest BCUT2D eigenvalue weighted by atomic mass is 10.1. The largest absolute Gasteiger partial charge is 0.496 e. The maximum Gasteiger partial charge on any atom is 0.339 e. The molecule has 1 aromatic heterocycles. The highest BCUT2D eigenvalue weighted by atomic mass is 16.5. The third-order valence-corrected chi connectivity index (χ3v) is 4.49. The Balaban J connectivity index is 1.55. The van der Waals surface area contributed by atoms with Crippen molar-refractivity contribution in [2.75, 3.05) is 12.4 Å². The minimum Gasteiger partial charge on any atom is -0.496 e. The first-order chi connectivity index (χ1) is 12.6. The number of nitrogens with zero attached hydrogens (tertiary/aromatic N) is 2. The van der Waals surface area contributed by atoms with Crippen LogP contribution in [0.2, 0.25) is 0 Å². The van der Waals surface area contributed by atoms with Crippen molar-refractivity contribution >= 4 is 17.6 Å². The number of carboxylic acid groups (broad SMARTS) is 1. The van der Waals surface area contributed by atoms with Gasteiger partial charge in [-0.3, -0.25) is 4.79 Å². The summed E-state index contributed by atoms with van der Waals surface area (Å²) in [5, 5.41) is 15.8. The summed E-state index contributed by atoms with van der Waals surface area (Å²) in [6, 6.07) is 4.39. The lowest BCUT2D eigenvalue weighted by molar-refractivity contribution is -0.116. The molecule has 8 heteroatoms. The number of hydrogen-bond acceptors (Lipinski definition) is 6. The number of methoxy groups -OCH3 is 1. The van der Waals surface area contributed by atoms with Crippen LogP contribution in [0.4, 0.5) is 5.69 Å². The molecule has 1 saturated carbocycles. The van der Waals surface area contributed by atoms with Crippen molar-refractivity contribution in [3.63, 3.8) is 0 Å². The van der Waals surface area contributed by atoms with Gasteiger partial charge in [-0.15, -0.1) is 0 Å². The van der Waals surface area contributed by atoms with Gasteiger partial charge in [-0.05, 0) is 25.0 Å². The lowest BCUT2D eigenvalue weighted by Gasteiger charge is -2.09. The second-order valence-corrected chi connectivity index (χ2v) is 6.30. The van der Waals surface area contributed by atoms with Crippen LogP contribution in [0.1, 0.15) is 60.1 Å². The zero-order chi connectivity index (χ0) is 18.5. The van der Waals surface area contributed by atoms with Crippen LogP contribution in [-0.2, 0) is 11.2 Å². The van der Waals surface area contributed by atoms with E-state index >= 15 is 0 Å². The fourth-order valence-corrected chi connectivity index (χ4v) is 3.11. The normalized spacial score (nSPS) is 14.3. The van der Waals surface area contributed by atoms with Crippen molar-refractivity contribution in [3.05, 3.63) is 35.5 Å². The van der Waals surface area contributed by atoms with Crippen LogP contribution >= 0.6 is 0 Å². The van der Waals surface area contributed by atoms with Gasteiger partial charge in [-0.2, -0.15) is 4.98 Å². The van der Waals surface area contributed by atoms with Gasteiger partial charge < -0.3 is 19.7 Å². The smallest absolute Gasteiger partial charge is 0.339 e. The van der Waals surface area contributed by atoms with Gasteiger partial charge in [0, 0.05) is 30.5 Å². The van der Waals surface area contributed by atoms with Crippen molar-refractivity contribution in [3.8, 4) is 5.75 Å². The van der Waals surface area contributed by atoms with E-state index in [1.54, 1.807) is 0 Å². The van der Waals surface area contributed by atoms with E-state index in [1.165, 1.54) is 38.2 Å².